The lowest BCUT2D eigenvalue weighted by Gasteiger charge is -2.19. The number of aryl methyl sites for hydroxylation is 2. The SMILES string of the molecule is Cc1ccc(CN2C(=O)C(=O)c3ccc(C)c(C)c32)cc1. The van der Waals surface area contributed by atoms with Gasteiger partial charge in [0.25, 0.3) is 11.7 Å². The molecule has 0 radical (unpaired) electrons. The van der Waals surface area contributed by atoms with E-state index in [4.69, 9.17) is 0 Å². The van der Waals surface area contributed by atoms with E-state index < -0.39 is 11.7 Å². The molecular weight excluding hydrogens is 262 g/mol. The zero-order valence-corrected chi connectivity index (χ0v) is 12.4. The topological polar surface area (TPSA) is 37.4 Å². The van der Waals surface area contributed by atoms with E-state index in [0.29, 0.717) is 12.1 Å². The molecule has 0 bridgehead atoms. The van der Waals surface area contributed by atoms with Gasteiger partial charge < -0.3 is 4.90 Å². The fraction of sp³-hybridized carbons (Fsp3) is 0.222. The van der Waals surface area contributed by atoms with Crippen molar-refractivity contribution in [2.75, 3.05) is 4.90 Å². The average molecular weight is 279 g/mol. The van der Waals surface area contributed by atoms with E-state index in [0.717, 1.165) is 22.4 Å². The second-order valence-corrected chi connectivity index (χ2v) is 5.61. The number of anilines is 1. The standard InChI is InChI=1S/C18H17NO2/c1-11-4-7-14(8-5-11)10-19-16-13(3)12(2)6-9-15(16)17(20)18(19)21/h4-9H,10H2,1-3H3. The molecule has 1 aliphatic rings. The summed E-state index contributed by atoms with van der Waals surface area (Å²) in [6.07, 6.45) is 0. The molecule has 0 aromatic heterocycles. The van der Waals surface area contributed by atoms with Crippen molar-refractivity contribution in [3.8, 4) is 0 Å². The number of ketones is 1. The number of fused-ring (bicyclic) bond motifs is 1. The molecule has 1 amide bonds. The van der Waals surface area contributed by atoms with E-state index in [1.54, 1.807) is 11.0 Å². The van der Waals surface area contributed by atoms with Crippen LogP contribution in [0.25, 0.3) is 0 Å². The van der Waals surface area contributed by atoms with Crippen LogP contribution in [0.15, 0.2) is 36.4 Å². The highest BCUT2D eigenvalue weighted by Gasteiger charge is 2.37. The molecule has 0 atom stereocenters. The molecule has 106 valence electrons. The summed E-state index contributed by atoms with van der Waals surface area (Å²) in [4.78, 5) is 26.0. The average Bonchev–Trinajstić information content (AvgIpc) is 2.71. The van der Waals surface area contributed by atoms with Gasteiger partial charge in [0.1, 0.15) is 0 Å². The number of amides is 1. The molecule has 2 aromatic rings. The van der Waals surface area contributed by atoms with Crippen LogP contribution in [-0.2, 0) is 11.3 Å². The number of hydrogen-bond acceptors (Lipinski definition) is 2. The molecule has 0 spiro atoms. The van der Waals surface area contributed by atoms with Gasteiger partial charge in [0.15, 0.2) is 0 Å². The Morgan fingerprint density at radius 2 is 1.57 bits per heavy atom. The van der Waals surface area contributed by atoms with Gasteiger partial charge in [0.05, 0.1) is 17.8 Å². The fourth-order valence-corrected chi connectivity index (χ4v) is 2.70. The fourth-order valence-electron chi connectivity index (χ4n) is 2.70. The van der Waals surface area contributed by atoms with Crippen LogP contribution in [0.4, 0.5) is 5.69 Å². The van der Waals surface area contributed by atoms with E-state index >= 15 is 0 Å². The Balaban J connectivity index is 2.04. The third-order valence-corrected chi connectivity index (χ3v) is 4.12. The zero-order chi connectivity index (χ0) is 15.1. The third-order valence-electron chi connectivity index (χ3n) is 4.12. The number of rotatable bonds is 2. The number of carbonyl (C=O) groups excluding carboxylic acids is 2. The molecule has 3 rings (SSSR count). The lowest BCUT2D eigenvalue weighted by molar-refractivity contribution is -0.114. The first-order valence-electron chi connectivity index (χ1n) is 7.01. The molecule has 1 heterocycles. The van der Waals surface area contributed by atoms with Gasteiger partial charge in [-0.3, -0.25) is 9.59 Å². The molecule has 21 heavy (non-hydrogen) atoms. The van der Waals surface area contributed by atoms with E-state index in [9.17, 15) is 9.59 Å². The quantitative estimate of drug-likeness (QED) is 0.791. The highest BCUT2D eigenvalue weighted by atomic mass is 16.2. The lowest BCUT2D eigenvalue weighted by atomic mass is 10.0. The second-order valence-electron chi connectivity index (χ2n) is 5.61. The van der Waals surface area contributed by atoms with Crippen LogP contribution in [0, 0.1) is 20.8 Å². The molecule has 0 saturated carbocycles. The number of nitrogens with zero attached hydrogens (tertiary/aromatic N) is 1. The summed E-state index contributed by atoms with van der Waals surface area (Å²) in [6.45, 7) is 6.41. The predicted octanol–water partition coefficient (Wildman–Crippen LogP) is 3.34. The molecule has 2 aromatic carbocycles. The molecule has 3 heteroatoms. The van der Waals surface area contributed by atoms with Crippen LogP contribution in [0.1, 0.15) is 32.6 Å². The maximum atomic E-state index is 12.3. The van der Waals surface area contributed by atoms with Gasteiger partial charge in [-0.2, -0.15) is 0 Å². The van der Waals surface area contributed by atoms with Crippen LogP contribution in [0.3, 0.4) is 0 Å². The Bertz CT molecular complexity index is 745. The number of benzene rings is 2. The van der Waals surface area contributed by atoms with Crippen molar-refractivity contribution in [2.24, 2.45) is 0 Å². The number of Topliss-reactive ketones (excluding diaryl/α,β-unsaturated/α-hetero) is 1. The Kier molecular flexibility index (Phi) is 3.13. The van der Waals surface area contributed by atoms with E-state index in [1.165, 1.54) is 5.56 Å². The number of hydrogen-bond donors (Lipinski definition) is 0. The third kappa shape index (κ3) is 2.15. The smallest absolute Gasteiger partial charge is 0.299 e. The molecule has 0 aliphatic carbocycles. The summed E-state index contributed by atoms with van der Waals surface area (Å²) in [5.74, 6) is -0.834. The zero-order valence-electron chi connectivity index (χ0n) is 12.4. The second kappa shape index (κ2) is 4.85. The summed E-state index contributed by atoms with van der Waals surface area (Å²) in [5, 5.41) is 0. The maximum absolute atomic E-state index is 12.3. The summed E-state index contributed by atoms with van der Waals surface area (Å²) < 4.78 is 0. The van der Waals surface area contributed by atoms with Crippen LogP contribution < -0.4 is 4.90 Å². The van der Waals surface area contributed by atoms with Gasteiger partial charge in [-0.15, -0.1) is 0 Å². The summed E-state index contributed by atoms with van der Waals surface area (Å²) >= 11 is 0. The molecule has 1 aliphatic heterocycles. The minimum absolute atomic E-state index is 0.403. The van der Waals surface area contributed by atoms with Gasteiger partial charge in [-0.1, -0.05) is 35.9 Å². The minimum atomic E-state index is -0.431. The van der Waals surface area contributed by atoms with Gasteiger partial charge >= 0.3 is 0 Å². The van der Waals surface area contributed by atoms with Crippen LogP contribution >= 0.6 is 0 Å². The normalized spacial score (nSPS) is 13.8. The minimum Gasteiger partial charge on any atom is -0.300 e. The van der Waals surface area contributed by atoms with Gasteiger partial charge in [-0.25, -0.2) is 0 Å². The highest BCUT2D eigenvalue weighted by Crippen LogP contribution is 2.35. The van der Waals surface area contributed by atoms with Crippen molar-refractivity contribution in [1.29, 1.82) is 0 Å². The van der Waals surface area contributed by atoms with Crippen molar-refractivity contribution < 1.29 is 9.59 Å². The first-order chi connectivity index (χ1) is 9.99. The van der Waals surface area contributed by atoms with E-state index in [1.807, 2.05) is 51.1 Å². The Hall–Kier alpha value is -2.42. The Morgan fingerprint density at radius 3 is 2.24 bits per heavy atom. The summed E-state index contributed by atoms with van der Waals surface area (Å²) in [5.41, 5.74) is 5.58. The summed E-state index contributed by atoms with van der Waals surface area (Å²) in [7, 11) is 0. The Labute approximate surface area is 124 Å². The van der Waals surface area contributed by atoms with Crippen LogP contribution in [0.5, 0.6) is 0 Å². The van der Waals surface area contributed by atoms with Crippen LogP contribution in [-0.4, -0.2) is 11.7 Å². The molecule has 0 unspecified atom stereocenters. The lowest BCUT2D eigenvalue weighted by Crippen LogP contribution is -2.29. The van der Waals surface area contributed by atoms with Crippen molar-refractivity contribution in [2.45, 2.75) is 27.3 Å². The van der Waals surface area contributed by atoms with Crippen molar-refractivity contribution in [1.82, 2.24) is 0 Å². The maximum Gasteiger partial charge on any atom is 0.299 e. The van der Waals surface area contributed by atoms with Crippen LogP contribution in [0.2, 0.25) is 0 Å². The summed E-state index contributed by atoms with van der Waals surface area (Å²) in [6, 6.07) is 11.7. The van der Waals surface area contributed by atoms with E-state index in [2.05, 4.69) is 0 Å². The van der Waals surface area contributed by atoms with Crippen molar-refractivity contribution in [3.63, 3.8) is 0 Å². The first kappa shape index (κ1) is 13.6. The molecule has 0 N–H and O–H groups in total. The molecule has 0 saturated heterocycles. The van der Waals surface area contributed by atoms with Gasteiger partial charge in [0, 0.05) is 0 Å². The highest BCUT2D eigenvalue weighted by molar-refractivity contribution is 6.52. The van der Waals surface area contributed by atoms with E-state index in [-0.39, 0.29) is 0 Å². The Morgan fingerprint density at radius 1 is 0.905 bits per heavy atom. The monoisotopic (exact) mass is 279 g/mol. The predicted molar refractivity (Wildman–Crippen MR) is 82.6 cm³/mol. The van der Waals surface area contributed by atoms with Crippen molar-refractivity contribution in [3.05, 3.63) is 64.2 Å². The van der Waals surface area contributed by atoms with Gasteiger partial charge in [-0.05, 0) is 43.5 Å². The molecule has 0 fully saturated rings. The first-order valence-corrected chi connectivity index (χ1v) is 7.01. The number of carbonyl (C=O) groups is 2. The largest absolute Gasteiger partial charge is 0.300 e. The molecule has 3 nitrogen and oxygen atoms in total. The van der Waals surface area contributed by atoms with Gasteiger partial charge in [0.2, 0.25) is 0 Å². The van der Waals surface area contributed by atoms with Crippen molar-refractivity contribution >= 4 is 17.4 Å². The molecular formula is C18H17NO2.